The zero-order valence-corrected chi connectivity index (χ0v) is 15.4. The topological polar surface area (TPSA) is 77.9 Å². The number of hydrogen-bond donors (Lipinski definition) is 1. The quantitative estimate of drug-likeness (QED) is 0.866. The number of rotatable bonds is 2. The van der Waals surface area contributed by atoms with Crippen molar-refractivity contribution in [3.05, 3.63) is 64.0 Å². The van der Waals surface area contributed by atoms with E-state index in [1.54, 1.807) is 35.0 Å². The Balaban J connectivity index is 1.64. The molecule has 0 saturated carbocycles. The summed E-state index contributed by atoms with van der Waals surface area (Å²) in [6, 6.07) is 7.65. The van der Waals surface area contributed by atoms with Gasteiger partial charge in [-0.25, -0.2) is 9.18 Å². The smallest absolute Gasteiger partial charge is 0.336 e. The number of carboxylic acids is 1. The van der Waals surface area contributed by atoms with Gasteiger partial charge in [-0.1, -0.05) is 0 Å². The van der Waals surface area contributed by atoms with E-state index >= 15 is 0 Å². The Hall–Kier alpha value is -3.22. The third-order valence-electron chi connectivity index (χ3n) is 5.54. The van der Waals surface area contributed by atoms with E-state index in [0.29, 0.717) is 36.1 Å². The van der Waals surface area contributed by atoms with E-state index in [2.05, 4.69) is 0 Å². The van der Waals surface area contributed by atoms with Crippen molar-refractivity contribution in [1.29, 1.82) is 0 Å². The molecule has 0 unspecified atom stereocenters. The average molecular weight is 382 g/mol. The van der Waals surface area contributed by atoms with Gasteiger partial charge in [-0.05, 0) is 59.9 Å². The number of carbonyl (C=O) groups excluding carboxylic acids is 2. The van der Waals surface area contributed by atoms with Gasteiger partial charge in [0.2, 0.25) is 5.91 Å². The molecule has 2 aromatic rings. The first-order valence-corrected chi connectivity index (χ1v) is 9.09. The van der Waals surface area contributed by atoms with Gasteiger partial charge >= 0.3 is 5.97 Å². The summed E-state index contributed by atoms with van der Waals surface area (Å²) in [4.78, 5) is 39.5. The van der Waals surface area contributed by atoms with Crippen LogP contribution in [-0.4, -0.2) is 41.4 Å². The van der Waals surface area contributed by atoms with Crippen LogP contribution in [0.2, 0.25) is 0 Å². The van der Waals surface area contributed by atoms with Gasteiger partial charge in [0.1, 0.15) is 5.82 Å². The summed E-state index contributed by atoms with van der Waals surface area (Å²) in [5.41, 5.74) is 2.97. The highest BCUT2D eigenvalue weighted by Gasteiger charge is 2.28. The number of nitrogens with zero attached hydrogens (tertiary/aromatic N) is 2. The lowest BCUT2D eigenvalue weighted by Crippen LogP contribution is -2.37. The van der Waals surface area contributed by atoms with Gasteiger partial charge in [0.15, 0.2) is 0 Å². The molecular formula is C21H19FN2O4. The molecule has 7 heteroatoms. The molecule has 0 aliphatic carbocycles. The fourth-order valence-corrected chi connectivity index (χ4v) is 3.98. The Morgan fingerprint density at radius 1 is 1.07 bits per heavy atom. The minimum atomic E-state index is -1.13. The largest absolute Gasteiger partial charge is 0.478 e. The zero-order valence-electron chi connectivity index (χ0n) is 15.4. The molecule has 0 radical (unpaired) electrons. The Morgan fingerprint density at radius 3 is 2.61 bits per heavy atom. The van der Waals surface area contributed by atoms with E-state index in [9.17, 15) is 23.9 Å². The van der Waals surface area contributed by atoms with Crippen LogP contribution >= 0.6 is 0 Å². The van der Waals surface area contributed by atoms with Crippen LogP contribution < -0.4 is 4.90 Å². The fraction of sp³-hybridized carbons (Fsp3) is 0.286. The number of carbonyl (C=O) groups is 3. The number of aryl methyl sites for hydroxylation is 1. The molecule has 0 atom stereocenters. The maximum absolute atomic E-state index is 14.1. The van der Waals surface area contributed by atoms with Crippen LogP contribution in [0, 0.1) is 5.82 Å². The second-order valence-electron chi connectivity index (χ2n) is 7.13. The lowest BCUT2D eigenvalue weighted by Gasteiger charge is -2.31. The van der Waals surface area contributed by atoms with Gasteiger partial charge in [-0.15, -0.1) is 0 Å². The van der Waals surface area contributed by atoms with Gasteiger partial charge in [0.05, 0.1) is 5.56 Å². The Kier molecular flexibility index (Phi) is 4.37. The van der Waals surface area contributed by atoms with E-state index < -0.39 is 11.8 Å². The summed E-state index contributed by atoms with van der Waals surface area (Å²) in [6.07, 6.45) is 1.26. The molecule has 0 saturated heterocycles. The molecule has 2 aliphatic heterocycles. The van der Waals surface area contributed by atoms with Crippen LogP contribution in [0.25, 0.3) is 0 Å². The second kappa shape index (κ2) is 6.74. The first kappa shape index (κ1) is 18.2. The maximum Gasteiger partial charge on any atom is 0.336 e. The minimum Gasteiger partial charge on any atom is -0.478 e. The molecule has 0 aromatic heterocycles. The van der Waals surface area contributed by atoms with E-state index in [4.69, 9.17) is 0 Å². The summed E-state index contributed by atoms with van der Waals surface area (Å²) in [7, 11) is 1.71. The van der Waals surface area contributed by atoms with Crippen molar-refractivity contribution in [3.63, 3.8) is 0 Å². The number of anilines is 1. The Labute approximate surface area is 161 Å². The van der Waals surface area contributed by atoms with Crippen molar-refractivity contribution >= 4 is 23.5 Å². The van der Waals surface area contributed by atoms with Crippen molar-refractivity contribution in [1.82, 2.24) is 4.90 Å². The van der Waals surface area contributed by atoms with E-state index in [-0.39, 0.29) is 30.3 Å². The van der Waals surface area contributed by atoms with Crippen LogP contribution in [0.4, 0.5) is 10.1 Å². The van der Waals surface area contributed by atoms with Crippen molar-refractivity contribution < 1.29 is 23.9 Å². The Morgan fingerprint density at radius 2 is 1.86 bits per heavy atom. The first-order chi connectivity index (χ1) is 13.4. The summed E-state index contributed by atoms with van der Waals surface area (Å²) in [5, 5.41) is 9.39. The number of aromatic carboxylic acids is 1. The summed E-state index contributed by atoms with van der Waals surface area (Å²) >= 11 is 0. The van der Waals surface area contributed by atoms with Crippen molar-refractivity contribution in [2.45, 2.75) is 25.8 Å². The average Bonchev–Trinajstić information content (AvgIpc) is 2.69. The number of hydrogen-bond acceptors (Lipinski definition) is 3. The second-order valence-corrected chi connectivity index (χ2v) is 7.13. The molecule has 0 fully saturated rings. The molecule has 1 N–H and O–H groups in total. The number of amides is 2. The van der Waals surface area contributed by atoms with Gasteiger partial charge in [0.25, 0.3) is 5.91 Å². The minimum absolute atomic E-state index is 0.0273. The molecule has 6 nitrogen and oxygen atoms in total. The van der Waals surface area contributed by atoms with E-state index in [1.165, 1.54) is 12.1 Å². The van der Waals surface area contributed by atoms with Crippen LogP contribution in [0.1, 0.15) is 43.8 Å². The molecule has 144 valence electrons. The Bertz CT molecular complexity index is 1020. The number of carboxylic acid groups (broad SMARTS) is 1. The SMILES string of the molecule is CN1C(=O)CCc2cc(C(=O)N3CCc4c(F)ccc(C(=O)O)c4C3)ccc21. The third kappa shape index (κ3) is 2.93. The molecular weight excluding hydrogens is 363 g/mol. The molecule has 4 rings (SSSR count). The maximum atomic E-state index is 14.1. The molecule has 28 heavy (non-hydrogen) atoms. The van der Waals surface area contributed by atoms with Gasteiger partial charge < -0.3 is 14.9 Å². The molecule has 0 bridgehead atoms. The standard InChI is InChI=1S/C21H19FN2O4/c1-23-18-6-2-13(10-12(18)3-7-19(23)25)20(26)24-9-8-14-16(11-24)15(21(27)28)4-5-17(14)22/h2,4-6,10H,3,7-9,11H2,1H3,(H,27,28). The van der Waals surface area contributed by atoms with Crippen molar-refractivity contribution in [2.75, 3.05) is 18.5 Å². The fourth-order valence-electron chi connectivity index (χ4n) is 3.98. The monoisotopic (exact) mass is 382 g/mol. The number of halogens is 1. The van der Waals surface area contributed by atoms with Crippen LogP contribution in [0.5, 0.6) is 0 Å². The number of benzene rings is 2. The summed E-state index contributed by atoms with van der Waals surface area (Å²) in [5.74, 6) is -1.75. The number of fused-ring (bicyclic) bond motifs is 2. The van der Waals surface area contributed by atoms with Gasteiger partial charge in [-0.2, -0.15) is 0 Å². The molecule has 2 heterocycles. The highest BCUT2D eigenvalue weighted by atomic mass is 19.1. The molecule has 0 spiro atoms. The predicted octanol–water partition coefficient (Wildman–Crippen LogP) is 2.63. The van der Waals surface area contributed by atoms with Gasteiger partial charge in [-0.3, -0.25) is 9.59 Å². The molecule has 2 aliphatic rings. The van der Waals surface area contributed by atoms with Gasteiger partial charge in [0, 0.05) is 37.8 Å². The normalized spacial score (nSPS) is 15.9. The zero-order chi connectivity index (χ0) is 20.0. The van der Waals surface area contributed by atoms with Crippen LogP contribution in [-0.2, 0) is 24.2 Å². The van der Waals surface area contributed by atoms with E-state index in [1.807, 2.05) is 0 Å². The molecule has 2 amide bonds. The highest BCUT2D eigenvalue weighted by Crippen LogP contribution is 2.30. The van der Waals surface area contributed by atoms with E-state index in [0.717, 1.165) is 11.3 Å². The van der Waals surface area contributed by atoms with Crippen molar-refractivity contribution in [2.24, 2.45) is 0 Å². The van der Waals surface area contributed by atoms with Crippen molar-refractivity contribution in [3.8, 4) is 0 Å². The lowest BCUT2D eigenvalue weighted by atomic mass is 9.93. The summed E-state index contributed by atoms with van der Waals surface area (Å²) in [6.45, 7) is 0.379. The van der Waals surface area contributed by atoms with Crippen LogP contribution in [0.3, 0.4) is 0 Å². The highest BCUT2D eigenvalue weighted by molar-refractivity contribution is 5.99. The van der Waals surface area contributed by atoms with Crippen LogP contribution in [0.15, 0.2) is 30.3 Å². The third-order valence-corrected chi connectivity index (χ3v) is 5.54. The molecule has 2 aromatic carbocycles. The predicted molar refractivity (Wildman–Crippen MR) is 100.0 cm³/mol. The first-order valence-electron chi connectivity index (χ1n) is 9.09. The summed E-state index contributed by atoms with van der Waals surface area (Å²) < 4.78 is 14.1. The lowest BCUT2D eigenvalue weighted by molar-refractivity contribution is -0.118.